The zero-order chi connectivity index (χ0) is 12.1. The molecule has 3 N–H and O–H groups in total. The van der Waals surface area contributed by atoms with Crippen LogP contribution in [0.2, 0.25) is 0 Å². The molecule has 0 radical (unpaired) electrons. The van der Waals surface area contributed by atoms with Gasteiger partial charge in [0.1, 0.15) is 0 Å². The summed E-state index contributed by atoms with van der Waals surface area (Å²) in [7, 11) is 0. The van der Waals surface area contributed by atoms with Crippen LogP contribution in [0.4, 0.5) is 0 Å². The molecule has 0 spiro atoms. The lowest BCUT2D eigenvalue weighted by molar-refractivity contribution is -0.139. The van der Waals surface area contributed by atoms with Crippen LogP contribution in [0, 0.1) is 0 Å². The van der Waals surface area contributed by atoms with Crippen molar-refractivity contribution in [3.63, 3.8) is 0 Å². The Labute approximate surface area is 92.9 Å². The highest BCUT2D eigenvalue weighted by Crippen LogP contribution is 2.34. The Morgan fingerprint density at radius 2 is 2.19 bits per heavy atom. The number of rotatable bonds is 5. The average Bonchev–Trinajstić information content (AvgIpc) is 2.20. The molecule has 0 aromatic heterocycles. The lowest BCUT2D eigenvalue weighted by Crippen LogP contribution is -2.06. The van der Waals surface area contributed by atoms with Gasteiger partial charge in [-0.2, -0.15) is 0 Å². The smallest absolute Gasteiger partial charge is 0.306 e. The summed E-state index contributed by atoms with van der Waals surface area (Å²) in [5.41, 5.74) is 0.161. The molecule has 0 heterocycles. The van der Waals surface area contributed by atoms with E-state index in [0.717, 1.165) is 0 Å². The monoisotopic (exact) mass is 226 g/mol. The molecule has 0 aliphatic heterocycles. The highest BCUT2D eigenvalue weighted by molar-refractivity contribution is 5.68. The number of aromatic hydroxyl groups is 1. The number of hydrogen-bond donors (Lipinski definition) is 3. The van der Waals surface area contributed by atoms with Gasteiger partial charge >= 0.3 is 5.97 Å². The summed E-state index contributed by atoms with van der Waals surface area (Å²) in [6.07, 6.45) is -1.69. The van der Waals surface area contributed by atoms with Crippen molar-refractivity contribution in [1.82, 2.24) is 0 Å². The maximum absolute atomic E-state index is 10.4. The molecule has 0 bridgehead atoms. The Morgan fingerprint density at radius 3 is 2.75 bits per heavy atom. The maximum atomic E-state index is 10.4. The molecule has 0 fully saturated rings. The van der Waals surface area contributed by atoms with Gasteiger partial charge in [-0.1, -0.05) is 12.1 Å². The van der Waals surface area contributed by atoms with Crippen molar-refractivity contribution in [1.29, 1.82) is 0 Å². The molecule has 5 nitrogen and oxygen atoms in total. The number of phenols is 1. The molecule has 0 saturated carbocycles. The van der Waals surface area contributed by atoms with Crippen LogP contribution in [-0.2, 0) is 4.79 Å². The van der Waals surface area contributed by atoms with Gasteiger partial charge in [0.15, 0.2) is 11.5 Å². The van der Waals surface area contributed by atoms with Crippen molar-refractivity contribution in [3.05, 3.63) is 23.8 Å². The van der Waals surface area contributed by atoms with Gasteiger partial charge in [-0.05, 0) is 13.0 Å². The number of phenolic OH excluding ortho intramolecular Hbond substituents is 1. The third-order valence-corrected chi connectivity index (χ3v) is 2.06. The largest absolute Gasteiger partial charge is 0.504 e. The number of carboxylic acid groups (broad SMARTS) is 1. The van der Waals surface area contributed by atoms with Gasteiger partial charge in [0, 0.05) is 5.56 Å². The van der Waals surface area contributed by atoms with Crippen molar-refractivity contribution in [2.24, 2.45) is 0 Å². The van der Waals surface area contributed by atoms with Crippen LogP contribution in [0.3, 0.4) is 0 Å². The van der Waals surface area contributed by atoms with Crippen LogP contribution >= 0.6 is 0 Å². The Kier molecular flexibility index (Phi) is 4.13. The standard InChI is InChI=1S/C11H14O5/c1-2-16-9-5-3-4-7(11(9)15)8(12)6-10(13)14/h3-5,8,12,15H,2,6H2,1H3,(H,13,14). The molecule has 0 amide bonds. The number of ether oxygens (including phenoxy) is 1. The second-order valence-corrected chi connectivity index (χ2v) is 3.24. The van der Waals surface area contributed by atoms with Gasteiger partial charge < -0.3 is 20.1 Å². The highest BCUT2D eigenvalue weighted by Gasteiger charge is 2.18. The minimum Gasteiger partial charge on any atom is -0.504 e. The second-order valence-electron chi connectivity index (χ2n) is 3.24. The van der Waals surface area contributed by atoms with Crippen LogP contribution in [0.5, 0.6) is 11.5 Å². The van der Waals surface area contributed by atoms with Crippen LogP contribution in [0.25, 0.3) is 0 Å². The van der Waals surface area contributed by atoms with Crippen molar-refractivity contribution in [2.75, 3.05) is 6.61 Å². The fraction of sp³-hybridized carbons (Fsp3) is 0.364. The molecular formula is C11H14O5. The lowest BCUT2D eigenvalue weighted by atomic mass is 10.1. The van der Waals surface area contributed by atoms with E-state index in [4.69, 9.17) is 9.84 Å². The fourth-order valence-corrected chi connectivity index (χ4v) is 1.36. The molecule has 16 heavy (non-hydrogen) atoms. The fourth-order valence-electron chi connectivity index (χ4n) is 1.36. The first kappa shape index (κ1) is 12.3. The summed E-state index contributed by atoms with van der Waals surface area (Å²) in [6, 6.07) is 4.60. The van der Waals surface area contributed by atoms with Crippen LogP contribution in [-0.4, -0.2) is 27.9 Å². The van der Waals surface area contributed by atoms with E-state index < -0.39 is 18.5 Å². The third kappa shape index (κ3) is 2.87. The average molecular weight is 226 g/mol. The van der Waals surface area contributed by atoms with E-state index in [9.17, 15) is 15.0 Å². The van der Waals surface area contributed by atoms with Gasteiger partial charge in [0.2, 0.25) is 0 Å². The first-order chi connectivity index (χ1) is 7.56. The van der Waals surface area contributed by atoms with Crippen molar-refractivity contribution < 1.29 is 24.9 Å². The minimum atomic E-state index is -1.24. The van der Waals surface area contributed by atoms with E-state index in [1.807, 2.05) is 0 Å². The SMILES string of the molecule is CCOc1cccc(C(O)CC(=O)O)c1O. The molecule has 88 valence electrons. The van der Waals surface area contributed by atoms with Gasteiger partial charge in [0.25, 0.3) is 0 Å². The molecule has 1 aromatic rings. The van der Waals surface area contributed by atoms with E-state index in [2.05, 4.69) is 0 Å². The Morgan fingerprint density at radius 1 is 1.50 bits per heavy atom. The van der Waals surface area contributed by atoms with Crippen molar-refractivity contribution in [2.45, 2.75) is 19.4 Å². The molecule has 0 aliphatic rings. The van der Waals surface area contributed by atoms with E-state index in [1.165, 1.54) is 6.07 Å². The molecule has 1 rings (SSSR count). The number of hydrogen-bond acceptors (Lipinski definition) is 4. The minimum absolute atomic E-state index is 0.161. The highest BCUT2D eigenvalue weighted by atomic mass is 16.5. The number of para-hydroxylation sites is 1. The van der Waals surface area contributed by atoms with Crippen LogP contribution in [0.1, 0.15) is 25.0 Å². The summed E-state index contributed by atoms with van der Waals surface area (Å²) in [5.74, 6) is -1.10. The third-order valence-electron chi connectivity index (χ3n) is 2.06. The number of aliphatic hydroxyl groups excluding tert-OH is 1. The summed E-state index contributed by atoms with van der Waals surface area (Å²) in [6.45, 7) is 2.14. The molecule has 0 saturated heterocycles. The summed E-state index contributed by atoms with van der Waals surface area (Å²) in [5, 5.41) is 27.8. The second kappa shape index (κ2) is 5.37. The summed E-state index contributed by atoms with van der Waals surface area (Å²) in [4.78, 5) is 10.4. The predicted octanol–water partition coefficient (Wildman–Crippen LogP) is 1.30. The number of carbonyl (C=O) groups is 1. The molecule has 1 atom stereocenters. The van der Waals surface area contributed by atoms with Gasteiger partial charge in [-0.15, -0.1) is 0 Å². The first-order valence-corrected chi connectivity index (χ1v) is 4.90. The van der Waals surface area contributed by atoms with E-state index in [-0.39, 0.29) is 17.1 Å². The van der Waals surface area contributed by atoms with Gasteiger partial charge in [-0.3, -0.25) is 4.79 Å². The Hall–Kier alpha value is -1.75. The molecule has 0 aliphatic carbocycles. The van der Waals surface area contributed by atoms with E-state index in [1.54, 1.807) is 19.1 Å². The zero-order valence-corrected chi connectivity index (χ0v) is 8.88. The molecule has 1 aromatic carbocycles. The Balaban J connectivity index is 2.95. The first-order valence-electron chi connectivity index (χ1n) is 4.90. The normalized spacial score (nSPS) is 12.1. The van der Waals surface area contributed by atoms with Crippen LogP contribution in [0.15, 0.2) is 18.2 Å². The quantitative estimate of drug-likeness (QED) is 0.704. The Bertz CT molecular complexity index is 375. The number of aliphatic hydroxyl groups is 1. The van der Waals surface area contributed by atoms with E-state index >= 15 is 0 Å². The molecule has 5 heteroatoms. The van der Waals surface area contributed by atoms with Crippen molar-refractivity contribution >= 4 is 5.97 Å². The maximum Gasteiger partial charge on any atom is 0.306 e. The zero-order valence-electron chi connectivity index (χ0n) is 8.88. The van der Waals surface area contributed by atoms with E-state index in [0.29, 0.717) is 6.61 Å². The van der Waals surface area contributed by atoms with Crippen molar-refractivity contribution in [3.8, 4) is 11.5 Å². The molecule has 1 unspecified atom stereocenters. The van der Waals surface area contributed by atoms with Crippen LogP contribution < -0.4 is 4.74 Å². The number of benzene rings is 1. The predicted molar refractivity (Wildman–Crippen MR) is 56.5 cm³/mol. The molecular weight excluding hydrogens is 212 g/mol. The van der Waals surface area contributed by atoms with Gasteiger partial charge in [0.05, 0.1) is 19.1 Å². The number of aliphatic carboxylic acids is 1. The summed E-state index contributed by atoms with van der Waals surface area (Å²) >= 11 is 0. The topological polar surface area (TPSA) is 87.0 Å². The van der Waals surface area contributed by atoms with Gasteiger partial charge in [-0.25, -0.2) is 0 Å². The lowest BCUT2D eigenvalue weighted by Gasteiger charge is -2.13. The number of carboxylic acids is 1. The summed E-state index contributed by atoms with van der Waals surface area (Å²) < 4.78 is 5.12.